The van der Waals surface area contributed by atoms with Crippen LogP contribution in [-0.4, -0.2) is 18.7 Å². The van der Waals surface area contributed by atoms with Crippen molar-refractivity contribution in [1.29, 1.82) is 0 Å². The first-order valence-corrected chi connectivity index (χ1v) is 6.20. The van der Waals surface area contributed by atoms with Gasteiger partial charge >= 0.3 is 0 Å². The normalized spacial score (nSPS) is 14.4. The van der Waals surface area contributed by atoms with E-state index >= 15 is 0 Å². The Kier molecular flexibility index (Phi) is 5.42. The molecule has 1 N–H and O–H groups in total. The second kappa shape index (κ2) is 6.60. The molecule has 0 aliphatic rings. The Labute approximate surface area is 103 Å². The maximum atomic E-state index is 13.1. The van der Waals surface area contributed by atoms with E-state index in [4.69, 9.17) is 4.74 Å². The lowest BCUT2D eigenvalue weighted by Crippen LogP contribution is -2.39. The van der Waals surface area contributed by atoms with E-state index in [1.54, 1.807) is 6.07 Å². The van der Waals surface area contributed by atoms with E-state index in [1.807, 2.05) is 13.8 Å². The molecule has 3 heteroatoms. The van der Waals surface area contributed by atoms with Crippen LogP contribution >= 0.6 is 0 Å². The molecular formula is C14H22FNO. The van der Waals surface area contributed by atoms with Gasteiger partial charge in [-0.1, -0.05) is 13.0 Å². The smallest absolute Gasteiger partial charge is 0.126 e. The van der Waals surface area contributed by atoms with E-state index in [0.717, 1.165) is 18.5 Å². The molecule has 17 heavy (non-hydrogen) atoms. The molecular weight excluding hydrogens is 217 g/mol. The molecule has 0 amide bonds. The molecule has 1 aromatic rings. The Morgan fingerprint density at radius 1 is 1.35 bits per heavy atom. The molecule has 1 aromatic carbocycles. The van der Waals surface area contributed by atoms with Crippen molar-refractivity contribution in [3.8, 4) is 5.75 Å². The van der Waals surface area contributed by atoms with Gasteiger partial charge in [0.15, 0.2) is 0 Å². The van der Waals surface area contributed by atoms with Gasteiger partial charge in [0.05, 0.1) is 0 Å². The fourth-order valence-electron chi connectivity index (χ4n) is 1.54. The highest BCUT2D eigenvalue weighted by Gasteiger charge is 2.14. The summed E-state index contributed by atoms with van der Waals surface area (Å²) >= 11 is 0. The van der Waals surface area contributed by atoms with Crippen molar-refractivity contribution < 1.29 is 9.13 Å². The minimum Gasteiger partial charge on any atom is -0.489 e. The van der Waals surface area contributed by atoms with Gasteiger partial charge in [-0.25, -0.2) is 4.39 Å². The molecule has 0 heterocycles. The van der Waals surface area contributed by atoms with Gasteiger partial charge in [-0.2, -0.15) is 0 Å². The van der Waals surface area contributed by atoms with E-state index < -0.39 is 0 Å². The molecule has 0 spiro atoms. The van der Waals surface area contributed by atoms with Crippen molar-refractivity contribution in [3.05, 3.63) is 29.6 Å². The van der Waals surface area contributed by atoms with E-state index in [2.05, 4.69) is 19.2 Å². The molecule has 1 rings (SSSR count). The summed E-state index contributed by atoms with van der Waals surface area (Å²) in [5, 5.41) is 3.37. The number of rotatable bonds is 6. The first-order valence-electron chi connectivity index (χ1n) is 6.20. The van der Waals surface area contributed by atoms with Gasteiger partial charge < -0.3 is 10.1 Å². The van der Waals surface area contributed by atoms with E-state index in [-0.39, 0.29) is 18.0 Å². The molecule has 0 fully saturated rings. The van der Waals surface area contributed by atoms with Crippen molar-refractivity contribution in [3.63, 3.8) is 0 Å². The molecule has 2 atom stereocenters. The summed E-state index contributed by atoms with van der Waals surface area (Å²) in [5.41, 5.74) is 0.959. The summed E-state index contributed by atoms with van der Waals surface area (Å²) in [5.74, 6) is 0.370. The summed E-state index contributed by atoms with van der Waals surface area (Å²) in [4.78, 5) is 0. The van der Waals surface area contributed by atoms with Crippen LogP contribution in [0.15, 0.2) is 18.2 Å². The number of nitrogens with one attached hydrogen (secondary N) is 1. The summed E-state index contributed by atoms with van der Waals surface area (Å²) in [6.07, 6.45) is 1.11. The van der Waals surface area contributed by atoms with Crippen LogP contribution < -0.4 is 10.1 Å². The number of aryl methyl sites for hydroxylation is 1. The fraction of sp³-hybridized carbons (Fsp3) is 0.571. The molecule has 2 nitrogen and oxygen atoms in total. The van der Waals surface area contributed by atoms with Crippen LogP contribution in [0, 0.1) is 12.7 Å². The lowest BCUT2D eigenvalue weighted by Gasteiger charge is -2.23. The summed E-state index contributed by atoms with van der Waals surface area (Å²) in [6, 6.07) is 4.88. The van der Waals surface area contributed by atoms with Crippen molar-refractivity contribution in [2.24, 2.45) is 0 Å². The first-order chi connectivity index (χ1) is 8.04. The van der Waals surface area contributed by atoms with E-state index in [0.29, 0.717) is 5.75 Å². The zero-order chi connectivity index (χ0) is 12.8. The highest BCUT2D eigenvalue weighted by atomic mass is 19.1. The van der Waals surface area contributed by atoms with Gasteiger partial charge in [0.2, 0.25) is 0 Å². The van der Waals surface area contributed by atoms with Crippen molar-refractivity contribution >= 4 is 0 Å². The van der Waals surface area contributed by atoms with Gasteiger partial charge in [0.1, 0.15) is 17.7 Å². The summed E-state index contributed by atoms with van der Waals surface area (Å²) in [6.45, 7) is 9.09. The molecule has 0 saturated heterocycles. The number of hydrogen-bond acceptors (Lipinski definition) is 2. The summed E-state index contributed by atoms with van der Waals surface area (Å²) in [7, 11) is 0. The minimum atomic E-state index is -0.257. The Hall–Kier alpha value is -1.09. The molecule has 2 unspecified atom stereocenters. The second-order valence-corrected chi connectivity index (χ2v) is 4.48. The maximum absolute atomic E-state index is 13.1. The standard InChI is InChI=1S/C14H22FNO/c1-5-8-16-11(3)12(4)17-14-9-13(15)7-6-10(14)2/h6-7,9,11-12,16H,5,8H2,1-4H3. The Morgan fingerprint density at radius 3 is 2.71 bits per heavy atom. The third-order valence-corrected chi connectivity index (χ3v) is 2.88. The first kappa shape index (κ1) is 14.0. The Morgan fingerprint density at radius 2 is 2.06 bits per heavy atom. The van der Waals surface area contributed by atoms with Crippen molar-refractivity contribution in [2.45, 2.75) is 46.3 Å². The van der Waals surface area contributed by atoms with Crippen LogP contribution in [0.2, 0.25) is 0 Å². The van der Waals surface area contributed by atoms with Crippen LogP contribution in [0.25, 0.3) is 0 Å². The second-order valence-electron chi connectivity index (χ2n) is 4.48. The molecule has 0 aliphatic carbocycles. The topological polar surface area (TPSA) is 21.3 Å². The van der Waals surface area contributed by atoms with Crippen LogP contribution in [0.1, 0.15) is 32.8 Å². The monoisotopic (exact) mass is 239 g/mol. The zero-order valence-electron chi connectivity index (χ0n) is 11.1. The predicted octanol–water partition coefficient (Wildman–Crippen LogP) is 3.29. The fourth-order valence-corrected chi connectivity index (χ4v) is 1.54. The van der Waals surface area contributed by atoms with Crippen molar-refractivity contribution in [1.82, 2.24) is 5.32 Å². The van der Waals surface area contributed by atoms with E-state index in [9.17, 15) is 4.39 Å². The third kappa shape index (κ3) is 4.35. The summed E-state index contributed by atoms with van der Waals surface area (Å²) < 4.78 is 18.9. The predicted molar refractivity (Wildman–Crippen MR) is 69.0 cm³/mol. The van der Waals surface area contributed by atoms with Crippen LogP contribution in [0.5, 0.6) is 5.75 Å². The lowest BCUT2D eigenvalue weighted by atomic mass is 10.2. The molecule has 0 bridgehead atoms. The quantitative estimate of drug-likeness (QED) is 0.822. The molecule has 0 aliphatic heterocycles. The van der Waals surface area contributed by atoms with Crippen molar-refractivity contribution in [2.75, 3.05) is 6.54 Å². The minimum absolute atomic E-state index is 0.0158. The number of benzene rings is 1. The molecule has 0 aromatic heterocycles. The van der Waals surface area contributed by atoms with Gasteiger partial charge in [-0.3, -0.25) is 0 Å². The Bertz CT molecular complexity index is 354. The number of ether oxygens (including phenoxy) is 1. The largest absolute Gasteiger partial charge is 0.489 e. The van der Waals surface area contributed by atoms with Crippen LogP contribution in [-0.2, 0) is 0 Å². The van der Waals surface area contributed by atoms with Crippen LogP contribution in [0.3, 0.4) is 0 Å². The van der Waals surface area contributed by atoms with Gasteiger partial charge in [-0.05, 0) is 45.4 Å². The molecule has 0 saturated carbocycles. The number of hydrogen-bond donors (Lipinski definition) is 1. The maximum Gasteiger partial charge on any atom is 0.126 e. The third-order valence-electron chi connectivity index (χ3n) is 2.88. The molecule has 0 radical (unpaired) electrons. The highest BCUT2D eigenvalue weighted by Crippen LogP contribution is 2.20. The SMILES string of the molecule is CCCNC(C)C(C)Oc1cc(F)ccc1C. The zero-order valence-corrected chi connectivity index (χ0v) is 11.1. The van der Waals surface area contributed by atoms with Gasteiger partial charge in [-0.15, -0.1) is 0 Å². The Balaban J connectivity index is 2.60. The lowest BCUT2D eigenvalue weighted by molar-refractivity contribution is 0.176. The highest BCUT2D eigenvalue weighted by molar-refractivity contribution is 5.32. The number of halogens is 1. The average Bonchev–Trinajstić information content (AvgIpc) is 2.30. The van der Waals surface area contributed by atoms with Gasteiger partial charge in [0, 0.05) is 12.1 Å². The molecule has 96 valence electrons. The van der Waals surface area contributed by atoms with Gasteiger partial charge in [0.25, 0.3) is 0 Å². The van der Waals surface area contributed by atoms with Crippen LogP contribution in [0.4, 0.5) is 4.39 Å². The average molecular weight is 239 g/mol. The van der Waals surface area contributed by atoms with E-state index in [1.165, 1.54) is 12.1 Å².